The van der Waals surface area contributed by atoms with Crippen LogP contribution in [0.25, 0.3) is 11.4 Å². The van der Waals surface area contributed by atoms with Gasteiger partial charge < -0.3 is 15.0 Å². The van der Waals surface area contributed by atoms with Gasteiger partial charge in [-0.1, -0.05) is 12.1 Å². The van der Waals surface area contributed by atoms with Crippen molar-refractivity contribution in [2.45, 2.75) is 6.54 Å². The number of rotatable bonds is 5. The van der Waals surface area contributed by atoms with E-state index in [4.69, 9.17) is 4.74 Å². The lowest BCUT2D eigenvalue weighted by Gasteiger charge is -2.27. The highest BCUT2D eigenvalue weighted by Gasteiger charge is 2.13. The molecule has 2 aromatic heterocycles. The summed E-state index contributed by atoms with van der Waals surface area (Å²) in [7, 11) is 0. The highest BCUT2D eigenvalue weighted by molar-refractivity contribution is 5.94. The van der Waals surface area contributed by atoms with E-state index in [0.29, 0.717) is 31.1 Å². The number of hydrogen-bond donors (Lipinski definition) is 2. The Morgan fingerprint density at radius 3 is 2.67 bits per heavy atom. The molecule has 0 radical (unpaired) electrons. The quantitative estimate of drug-likeness (QED) is 0.695. The third kappa shape index (κ3) is 4.09. The highest BCUT2D eigenvalue weighted by atomic mass is 16.5. The molecule has 3 aromatic rings. The summed E-state index contributed by atoms with van der Waals surface area (Å²) in [5, 5.41) is 9.51. The molecule has 1 aliphatic heterocycles. The van der Waals surface area contributed by atoms with Crippen LogP contribution in [0.15, 0.2) is 43.0 Å². The molecule has 0 atom stereocenters. The van der Waals surface area contributed by atoms with Crippen LogP contribution >= 0.6 is 0 Å². The minimum Gasteiger partial charge on any atom is -0.378 e. The molecular weight excluding hydrogens is 346 g/mol. The summed E-state index contributed by atoms with van der Waals surface area (Å²) in [6.07, 6.45) is 2.97. The number of ether oxygens (including phenoxy) is 1. The lowest BCUT2D eigenvalue weighted by Crippen LogP contribution is -2.37. The second kappa shape index (κ2) is 7.92. The highest BCUT2D eigenvalue weighted by Crippen LogP contribution is 2.15. The molecule has 138 valence electrons. The summed E-state index contributed by atoms with van der Waals surface area (Å²) in [5.74, 6) is 1.36. The molecule has 0 aliphatic carbocycles. The first-order valence-corrected chi connectivity index (χ1v) is 8.67. The van der Waals surface area contributed by atoms with Gasteiger partial charge >= 0.3 is 0 Å². The monoisotopic (exact) mass is 365 g/mol. The Kier molecular flexibility index (Phi) is 5.01. The normalized spacial score (nSPS) is 14.1. The largest absolute Gasteiger partial charge is 0.378 e. The molecule has 1 amide bonds. The van der Waals surface area contributed by atoms with Gasteiger partial charge in [-0.3, -0.25) is 9.89 Å². The first kappa shape index (κ1) is 17.1. The predicted octanol–water partition coefficient (Wildman–Crippen LogP) is 1.03. The molecule has 0 bridgehead atoms. The van der Waals surface area contributed by atoms with Gasteiger partial charge in [0.15, 0.2) is 5.82 Å². The fraction of sp³-hybridized carbons (Fsp3) is 0.278. The van der Waals surface area contributed by atoms with E-state index in [2.05, 4.69) is 35.4 Å². The van der Waals surface area contributed by atoms with Crippen LogP contribution in [0.1, 0.15) is 16.1 Å². The van der Waals surface area contributed by atoms with E-state index in [1.165, 1.54) is 12.7 Å². The molecule has 1 saturated heterocycles. The van der Waals surface area contributed by atoms with Gasteiger partial charge in [0.1, 0.15) is 18.5 Å². The molecule has 9 nitrogen and oxygen atoms in total. The molecule has 1 fully saturated rings. The fourth-order valence-electron chi connectivity index (χ4n) is 2.84. The minimum absolute atomic E-state index is 0.161. The van der Waals surface area contributed by atoms with Crippen molar-refractivity contribution in [1.82, 2.24) is 30.5 Å². The summed E-state index contributed by atoms with van der Waals surface area (Å²) >= 11 is 0. The molecule has 27 heavy (non-hydrogen) atoms. The van der Waals surface area contributed by atoms with Gasteiger partial charge in [-0.05, 0) is 12.1 Å². The van der Waals surface area contributed by atoms with Gasteiger partial charge in [-0.2, -0.15) is 5.10 Å². The van der Waals surface area contributed by atoms with Gasteiger partial charge in [0.2, 0.25) is 0 Å². The number of H-pyrrole nitrogens is 1. The van der Waals surface area contributed by atoms with Crippen molar-refractivity contribution in [2.75, 3.05) is 31.2 Å². The van der Waals surface area contributed by atoms with Crippen molar-refractivity contribution in [3.63, 3.8) is 0 Å². The van der Waals surface area contributed by atoms with E-state index < -0.39 is 0 Å². The third-order valence-electron chi connectivity index (χ3n) is 4.31. The topological polar surface area (TPSA) is 109 Å². The lowest BCUT2D eigenvalue weighted by atomic mass is 10.1. The first-order chi connectivity index (χ1) is 13.3. The van der Waals surface area contributed by atoms with Crippen LogP contribution < -0.4 is 10.2 Å². The minimum atomic E-state index is -0.161. The van der Waals surface area contributed by atoms with E-state index in [-0.39, 0.29) is 5.91 Å². The molecule has 0 spiro atoms. The number of benzene rings is 1. The van der Waals surface area contributed by atoms with E-state index in [1.807, 2.05) is 18.2 Å². The van der Waals surface area contributed by atoms with Crippen LogP contribution in [0.3, 0.4) is 0 Å². The zero-order valence-electron chi connectivity index (χ0n) is 14.6. The van der Waals surface area contributed by atoms with E-state index in [9.17, 15) is 4.79 Å². The number of carbonyl (C=O) groups excluding carboxylic acids is 1. The van der Waals surface area contributed by atoms with Crippen molar-refractivity contribution >= 4 is 11.7 Å². The summed E-state index contributed by atoms with van der Waals surface area (Å²) in [5.41, 5.74) is 2.20. The maximum absolute atomic E-state index is 12.4. The van der Waals surface area contributed by atoms with E-state index in [0.717, 1.165) is 30.2 Å². The molecule has 4 rings (SSSR count). The van der Waals surface area contributed by atoms with Crippen LogP contribution in [0.4, 0.5) is 5.82 Å². The van der Waals surface area contributed by atoms with Crippen LogP contribution in [0, 0.1) is 0 Å². The van der Waals surface area contributed by atoms with Crippen LogP contribution in [-0.2, 0) is 11.3 Å². The van der Waals surface area contributed by atoms with Crippen LogP contribution in [-0.4, -0.2) is 57.4 Å². The summed E-state index contributed by atoms with van der Waals surface area (Å²) < 4.78 is 5.36. The SMILES string of the molecule is O=C(NCc1cc(N2CCOCC2)ncn1)c1ccc(-c2ncn[nH]2)cc1. The van der Waals surface area contributed by atoms with Gasteiger partial charge in [0.05, 0.1) is 25.5 Å². The number of nitrogens with one attached hydrogen (secondary N) is 2. The molecule has 0 saturated carbocycles. The van der Waals surface area contributed by atoms with E-state index in [1.54, 1.807) is 12.1 Å². The lowest BCUT2D eigenvalue weighted by molar-refractivity contribution is 0.0950. The molecule has 1 aromatic carbocycles. The Labute approximate surface area is 155 Å². The van der Waals surface area contributed by atoms with Gasteiger partial charge in [0.25, 0.3) is 5.91 Å². The van der Waals surface area contributed by atoms with E-state index >= 15 is 0 Å². The molecular formula is C18H19N7O2. The standard InChI is InChI=1S/C18H19N7O2/c26-18(14-3-1-13(2-4-14)17-22-12-23-24-17)19-10-15-9-16(21-11-20-15)25-5-7-27-8-6-25/h1-4,9,11-12H,5-8,10H2,(H,19,26)(H,22,23,24). The summed E-state index contributed by atoms with van der Waals surface area (Å²) in [6.45, 7) is 3.34. The van der Waals surface area contributed by atoms with Gasteiger partial charge in [0, 0.05) is 30.3 Å². The van der Waals surface area contributed by atoms with Crippen LogP contribution in [0.5, 0.6) is 0 Å². The average Bonchev–Trinajstić information content (AvgIpc) is 3.28. The summed E-state index contributed by atoms with van der Waals surface area (Å²) in [6, 6.07) is 9.07. The van der Waals surface area contributed by atoms with Crippen molar-refractivity contribution < 1.29 is 9.53 Å². The fourth-order valence-corrected chi connectivity index (χ4v) is 2.84. The Bertz CT molecular complexity index is 890. The smallest absolute Gasteiger partial charge is 0.251 e. The average molecular weight is 365 g/mol. The number of morpholine rings is 1. The van der Waals surface area contributed by atoms with Crippen molar-refractivity contribution in [1.29, 1.82) is 0 Å². The number of aromatic nitrogens is 5. The number of amides is 1. The maximum Gasteiger partial charge on any atom is 0.251 e. The zero-order chi connectivity index (χ0) is 18.5. The summed E-state index contributed by atoms with van der Waals surface area (Å²) in [4.78, 5) is 27.2. The zero-order valence-corrected chi connectivity index (χ0v) is 14.6. The first-order valence-electron chi connectivity index (χ1n) is 8.67. The number of hydrogen-bond acceptors (Lipinski definition) is 7. The van der Waals surface area contributed by atoms with Crippen molar-refractivity contribution in [2.24, 2.45) is 0 Å². The Morgan fingerprint density at radius 1 is 1.11 bits per heavy atom. The molecule has 9 heteroatoms. The number of carbonyl (C=O) groups is 1. The van der Waals surface area contributed by atoms with Crippen molar-refractivity contribution in [3.05, 3.63) is 54.2 Å². The Balaban J connectivity index is 1.37. The van der Waals surface area contributed by atoms with Crippen molar-refractivity contribution in [3.8, 4) is 11.4 Å². The molecule has 2 N–H and O–H groups in total. The predicted molar refractivity (Wildman–Crippen MR) is 98.1 cm³/mol. The third-order valence-corrected chi connectivity index (χ3v) is 4.31. The maximum atomic E-state index is 12.4. The number of aromatic amines is 1. The number of nitrogens with zero attached hydrogens (tertiary/aromatic N) is 5. The second-order valence-corrected chi connectivity index (χ2v) is 6.06. The molecule has 0 unspecified atom stereocenters. The Hall–Kier alpha value is -3.33. The number of anilines is 1. The Morgan fingerprint density at radius 2 is 1.93 bits per heavy atom. The second-order valence-electron chi connectivity index (χ2n) is 6.06. The molecule has 1 aliphatic rings. The van der Waals surface area contributed by atoms with Gasteiger partial charge in [-0.25, -0.2) is 15.0 Å². The van der Waals surface area contributed by atoms with Crippen LogP contribution in [0.2, 0.25) is 0 Å². The van der Waals surface area contributed by atoms with Gasteiger partial charge in [-0.15, -0.1) is 0 Å². The molecule has 3 heterocycles.